The second-order valence-electron chi connectivity index (χ2n) is 7.23. The molecule has 0 spiro atoms. The van der Waals surface area contributed by atoms with Gasteiger partial charge in [-0.05, 0) is 55.2 Å². The lowest BCUT2D eigenvalue weighted by molar-refractivity contribution is 0.0734. The zero-order valence-corrected chi connectivity index (χ0v) is 17.2. The van der Waals surface area contributed by atoms with Crippen LogP contribution in [0.3, 0.4) is 0 Å². The summed E-state index contributed by atoms with van der Waals surface area (Å²) in [4.78, 5) is 16.6. The summed E-state index contributed by atoms with van der Waals surface area (Å²) < 4.78 is 10.8. The first-order valence-electron chi connectivity index (χ1n) is 9.85. The van der Waals surface area contributed by atoms with Crippen molar-refractivity contribution in [1.29, 1.82) is 0 Å². The SMILES string of the molecule is CCCOc1ccc(C(=O)Oc2ccc(C=N[C@H](CO)CC(C)C)c(O)c2)cc1. The van der Waals surface area contributed by atoms with Crippen molar-refractivity contribution < 1.29 is 24.5 Å². The molecular weight excluding hydrogens is 370 g/mol. The predicted octanol–water partition coefficient (Wildman–Crippen LogP) is 4.23. The van der Waals surface area contributed by atoms with Gasteiger partial charge in [-0.2, -0.15) is 0 Å². The minimum atomic E-state index is -0.523. The van der Waals surface area contributed by atoms with E-state index in [2.05, 4.69) is 18.8 Å². The highest BCUT2D eigenvalue weighted by atomic mass is 16.5. The van der Waals surface area contributed by atoms with Crippen molar-refractivity contribution in [2.45, 2.75) is 39.7 Å². The molecule has 0 fully saturated rings. The van der Waals surface area contributed by atoms with Crippen molar-refractivity contribution in [1.82, 2.24) is 0 Å². The molecule has 2 aromatic rings. The van der Waals surface area contributed by atoms with Crippen molar-refractivity contribution in [2.24, 2.45) is 10.9 Å². The lowest BCUT2D eigenvalue weighted by Crippen LogP contribution is -2.13. The van der Waals surface area contributed by atoms with E-state index >= 15 is 0 Å². The minimum absolute atomic E-state index is 0.0482. The molecule has 2 rings (SSSR count). The molecule has 0 aliphatic rings. The molecule has 0 heterocycles. The molecule has 0 aliphatic carbocycles. The van der Waals surface area contributed by atoms with Crippen LogP contribution in [0.2, 0.25) is 0 Å². The highest BCUT2D eigenvalue weighted by Crippen LogP contribution is 2.24. The first kappa shape index (κ1) is 22.4. The maximum Gasteiger partial charge on any atom is 0.343 e. The third-order valence-corrected chi connectivity index (χ3v) is 4.15. The van der Waals surface area contributed by atoms with Crippen LogP contribution in [0, 0.1) is 5.92 Å². The number of aliphatic imine (C=N–C) groups is 1. The molecule has 0 saturated carbocycles. The second kappa shape index (κ2) is 11.2. The fourth-order valence-electron chi connectivity index (χ4n) is 2.68. The second-order valence-corrected chi connectivity index (χ2v) is 7.23. The van der Waals surface area contributed by atoms with Crippen LogP contribution >= 0.6 is 0 Å². The third kappa shape index (κ3) is 7.23. The number of ether oxygens (including phenoxy) is 2. The van der Waals surface area contributed by atoms with E-state index in [1.165, 1.54) is 12.3 Å². The number of phenols is 1. The summed E-state index contributed by atoms with van der Waals surface area (Å²) in [6.07, 6.45) is 3.19. The molecule has 0 amide bonds. The summed E-state index contributed by atoms with van der Waals surface area (Å²) in [5, 5.41) is 19.6. The average Bonchev–Trinajstić information content (AvgIpc) is 2.70. The topological polar surface area (TPSA) is 88.4 Å². The molecule has 0 bridgehead atoms. The van der Waals surface area contributed by atoms with Crippen molar-refractivity contribution in [2.75, 3.05) is 13.2 Å². The van der Waals surface area contributed by atoms with Gasteiger partial charge in [-0.3, -0.25) is 4.99 Å². The number of phenolic OH excluding ortho intramolecular Hbond substituents is 1. The number of aliphatic hydroxyl groups excluding tert-OH is 1. The monoisotopic (exact) mass is 399 g/mol. The van der Waals surface area contributed by atoms with Crippen LogP contribution in [0.5, 0.6) is 17.2 Å². The van der Waals surface area contributed by atoms with Gasteiger partial charge in [0.15, 0.2) is 0 Å². The molecular formula is C23H29NO5. The van der Waals surface area contributed by atoms with Gasteiger partial charge >= 0.3 is 5.97 Å². The Kier molecular flexibility index (Phi) is 8.68. The van der Waals surface area contributed by atoms with Gasteiger partial charge in [0.05, 0.1) is 24.8 Å². The number of carbonyl (C=O) groups is 1. The largest absolute Gasteiger partial charge is 0.507 e. The zero-order chi connectivity index (χ0) is 21.2. The number of esters is 1. The fraction of sp³-hybridized carbons (Fsp3) is 0.391. The molecule has 1 atom stereocenters. The Morgan fingerprint density at radius 3 is 2.41 bits per heavy atom. The minimum Gasteiger partial charge on any atom is -0.507 e. The standard InChI is InChI=1S/C23H29NO5/c1-4-11-28-20-8-5-17(6-9-20)23(27)29-21-10-7-18(22(26)13-21)14-24-19(15-25)12-16(2)3/h5-10,13-14,16,19,25-26H,4,11-12,15H2,1-3H3/t19-/m0/s1. The number of rotatable bonds is 10. The van der Waals surface area contributed by atoms with Gasteiger partial charge in [0.1, 0.15) is 17.2 Å². The Labute approximate surface area is 171 Å². The molecule has 156 valence electrons. The molecule has 2 aromatic carbocycles. The van der Waals surface area contributed by atoms with E-state index in [4.69, 9.17) is 9.47 Å². The number of benzene rings is 2. The maximum atomic E-state index is 12.3. The Morgan fingerprint density at radius 1 is 1.14 bits per heavy atom. The van der Waals surface area contributed by atoms with Crippen LogP contribution in [0.25, 0.3) is 0 Å². The van der Waals surface area contributed by atoms with Gasteiger partial charge in [-0.25, -0.2) is 4.79 Å². The van der Waals surface area contributed by atoms with Gasteiger partial charge in [-0.15, -0.1) is 0 Å². The van der Waals surface area contributed by atoms with Crippen LogP contribution in [-0.2, 0) is 0 Å². The van der Waals surface area contributed by atoms with Gasteiger partial charge < -0.3 is 19.7 Å². The van der Waals surface area contributed by atoms with Gasteiger partial charge in [-0.1, -0.05) is 20.8 Å². The highest BCUT2D eigenvalue weighted by Gasteiger charge is 2.11. The summed E-state index contributed by atoms with van der Waals surface area (Å²) in [7, 11) is 0. The quantitative estimate of drug-likeness (QED) is 0.355. The lowest BCUT2D eigenvalue weighted by Gasteiger charge is -2.11. The van der Waals surface area contributed by atoms with Crippen LogP contribution in [0.4, 0.5) is 0 Å². The molecule has 29 heavy (non-hydrogen) atoms. The van der Waals surface area contributed by atoms with Gasteiger partial charge in [0.25, 0.3) is 0 Å². The summed E-state index contributed by atoms with van der Waals surface area (Å²) in [5.74, 6) is 0.765. The molecule has 0 aliphatic heterocycles. The van der Waals surface area contributed by atoms with E-state index in [1.54, 1.807) is 36.4 Å². The number of hydrogen-bond acceptors (Lipinski definition) is 6. The van der Waals surface area contributed by atoms with Crippen LogP contribution in [0.1, 0.15) is 49.5 Å². The average molecular weight is 399 g/mol. The molecule has 6 heteroatoms. The summed E-state index contributed by atoms with van der Waals surface area (Å²) >= 11 is 0. The van der Waals surface area contributed by atoms with Crippen molar-refractivity contribution in [3.05, 3.63) is 53.6 Å². The van der Waals surface area contributed by atoms with Crippen LogP contribution in [-0.4, -0.2) is 41.7 Å². The summed E-state index contributed by atoms with van der Waals surface area (Å²) in [5.41, 5.74) is 0.878. The van der Waals surface area contributed by atoms with E-state index in [9.17, 15) is 15.0 Å². The van der Waals surface area contributed by atoms with E-state index in [-0.39, 0.29) is 24.1 Å². The first-order valence-corrected chi connectivity index (χ1v) is 9.85. The van der Waals surface area contributed by atoms with Crippen molar-refractivity contribution in [3.63, 3.8) is 0 Å². The normalized spacial score (nSPS) is 12.3. The van der Waals surface area contributed by atoms with E-state index in [1.807, 2.05) is 6.92 Å². The van der Waals surface area contributed by atoms with E-state index < -0.39 is 5.97 Å². The number of nitrogens with zero attached hydrogens (tertiary/aromatic N) is 1. The molecule has 0 radical (unpaired) electrons. The Bertz CT molecular complexity index is 815. The highest BCUT2D eigenvalue weighted by molar-refractivity contribution is 5.91. The maximum absolute atomic E-state index is 12.3. The third-order valence-electron chi connectivity index (χ3n) is 4.15. The fourth-order valence-corrected chi connectivity index (χ4v) is 2.68. The van der Waals surface area contributed by atoms with Crippen LogP contribution in [0.15, 0.2) is 47.5 Å². The number of carbonyl (C=O) groups excluding carboxylic acids is 1. The van der Waals surface area contributed by atoms with Crippen LogP contribution < -0.4 is 9.47 Å². The predicted molar refractivity (Wildman–Crippen MR) is 113 cm³/mol. The Balaban J connectivity index is 2.01. The Morgan fingerprint density at radius 2 is 1.83 bits per heavy atom. The summed E-state index contributed by atoms with van der Waals surface area (Å²) in [6, 6.07) is 11.1. The lowest BCUT2D eigenvalue weighted by atomic mass is 10.1. The molecule has 0 aromatic heterocycles. The smallest absolute Gasteiger partial charge is 0.343 e. The number of aliphatic hydroxyl groups is 1. The molecule has 0 unspecified atom stereocenters. The Hall–Kier alpha value is -2.86. The zero-order valence-electron chi connectivity index (χ0n) is 17.2. The summed E-state index contributed by atoms with van der Waals surface area (Å²) in [6.45, 7) is 6.71. The van der Waals surface area contributed by atoms with Gasteiger partial charge in [0, 0.05) is 17.8 Å². The first-order chi connectivity index (χ1) is 13.9. The van der Waals surface area contributed by atoms with E-state index in [0.29, 0.717) is 29.4 Å². The number of aromatic hydroxyl groups is 1. The van der Waals surface area contributed by atoms with Crippen molar-refractivity contribution >= 4 is 12.2 Å². The number of hydrogen-bond donors (Lipinski definition) is 2. The molecule has 0 saturated heterocycles. The molecule has 2 N–H and O–H groups in total. The van der Waals surface area contributed by atoms with E-state index in [0.717, 1.165) is 12.8 Å². The van der Waals surface area contributed by atoms with Gasteiger partial charge in [0.2, 0.25) is 0 Å². The molecule has 6 nitrogen and oxygen atoms in total. The van der Waals surface area contributed by atoms with Crippen molar-refractivity contribution in [3.8, 4) is 17.2 Å².